The smallest absolute Gasteiger partial charge is 0.290 e. The molecule has 0 spiro atoms. The molecular formula is C24H38N6O6S. The molecule has 0 aromatic heterocycles. The molecule has 3 unspecified atom stereocenters. The number of carboxylic acid groups (broad SMARTS) is 1. The fourth-order valence-corrected chi connectivity index (χ4v) is 6.84. The van der Waals surface area contributed by atoms with E-state index >= 15 is 0 Å². The molecule has 0 amide bonds. The van der Waals surface area contributed by atoms with Crippen LogP contribution in [0.25, 0.3) is 0 Å². The summed E-state index contributed by atoms with van der Waals surface area (Å²) in [7, 11) is 3.12. The predicted octanol–water partition coefficient (Wildman–Crippen LogP) is 0.227. The summed E-state index contributed by atoms with van der Waals surface area (Å²) in [4.78, 5) is 25.1. The number of aldehydes is 1. The van der Waals surface area contributed by atoms with Crippen LogP contribution in [0.3, 0.4) is 0 Å². The Morgan fingerprint density at radius 2 is 1.95 bits per heavy atom. The summed E-state index contributed by atoms with van der Waals surface area (Å²) in [5, 5.41) is 23.3. The standard InChI is InChI=1S/C22H31N5O3S.CH5NO.CH2O2/c1-18-13-19(14-23)3-4-21(18)25-7-9-26(10-8-25)31(29)27-20-5-6-22(27,17-28)16-24(15-20)11-12-30-2;1-2-3;2-1-3/h3-4,13,17,20H,5-12,15-16H2,1-2H3;2-3H,1H3;1H,(H,2,3). The second-order valence-electron chi connectivity index (χ2n) is 9.06. The van der Waals surface area contributed by atoms with Gasteiger partial charge in [-0.1, -0.05) is 0 Å². The number of fused-ring (bicyclic) bond motifs is 2. The SMILES string of the molecule is CNO.COCCN1CC2CCC(C=O)(C1)N2S(=O)N1CCN(c2ccc(C#N)cc2C)CC1.O=CO. The van der Waals surface area contributed by atoms with Gasteiger partial charge in [-0.15, -0.1) is 0 Å². The molecule has 206 valence electrons. The second kappa shape index (κ2) is 15.1. The molecule has 3 saturated heterocycles. The van der Waals surface area contributed by atoms with E-state index in [1.54, 1.807) is 12.6 Å². The fourth-order valence-electron chi connectivity index (χ4n) is 5.18. The molecular weight excluding hydrogens is 500 g/mol. The highest BCUT2D eigenvalue weighted by Crippen LogP contribution is 2.40. The minimum Gasteiger partial charge on any atom is -0.483 e. The number of rotatable bonds is 7. The molecule has 12 nitrogen and oxygen atoms in total. The number of piperazine rings is 2. The van der Waals surface area contributed by atoms with Gasteiger partial charge in [-0.25, -0.2) is 14.0 Å². The molecule has 4 rings (SSSR count). The number of aryl methyl sites for hydroxylation is 1. The molecule has 1 aromatic carbocycles. The summed E-state index contributed by atoms with van der Waals surface area (Å²) in [6, 6.07) is 8.08. The van der Waals surface area contributed by atoms with Crippen molar-refractivity contribution < 1.29 is 28.8 Å². The van der Waals surface area contributed by atoms with E-state index in [-0.39, 0.29) is 12.5 Å². The molecule has 3 fully saturated rings. The van der Waals surface area contributed by atoms with Crippen molar-refractivity contribution in [3.05, 3.63) is 29.3 Å². The van der Waals surface area contributed by atoms with E-state index in [4.69, 9.17) is 25.1 Å². The Balaban J connectivity index is 0.000000733. The number of nitrogens with one attached hydrogen (secondary N) is 1. The molecule has 0 saturated carbocycles. The van der Waals surface area contributed by atoms with Gasteiger partial charge in [0.2, 0.25) is 0 Å². The lowest BCUT2D eigenvalue weighted by atomic mass is 9.99. The predicted molar refractivity (Wildman–Crippen MR) is 139 cm³/mol. The van der Waals surface area contributed by atoms with Crippen LogP contribution in [0.2, 0.25) is 0 Å². The highest BCUT2D eigenvalue weighted by Gasteiger charge is 2.55. The zero-order chi connectivity index (χ0) is 27.4. The van der Waals surface area contributed by atoms with Gasteiger partial charge in [0.05, 0.1) is 18.2 Å². The number of benzene rings is 1. The zero-order valence-corrected chi connectivity index (χ0v) is 22.5. The Morgan fingerprint density at radius 1 is 1.30 bits per heavy atom. The van der Waals surface area contributed by atoms with Crippen molar-refractivity contribution >= 4 is 29.6 Å². The quantitative estimate of drug-likeness (QED) is 0.325. The number of carbonyl (C=O) groups is 2. The number of ether oxygens (including phenoxy) is 1. The molecule has 0 radical (unpaired) electrons. The van der Waals surface area contributed by atoms with Crippen molar-refractivity contribution in [2.24, 2.45) is 0 Å². The van der Waals surface area contributed by atoms with Gasteiger partial charge in [0.25, 0.3) is 6.47 Å². The summed E-state index contributed by atoms with van der Waals surface area (Å²) in [5.41, 5.74) is 3.96. The first-order chi connectivity index (χ1) is 17.8. The maximum atomic E-state index is 13.6. The minimum absolute atomic E-state index is 0.135. The lowest BCUT2D eigenvalue weighted by Crippen LogP contribution is -2.65. The maximum absolute atomic E-state index is 13.6. The van der Waals surface area contributed by atoms with Crippen molar-refractivity contribution in [1.29, 1.82) is 5.26 Å². The highest BCUT2D eigenvalue weighted by atomic mass is 32.2. The van der Waals surface area contributed by atoms with Gasteiger partial charge >= 0.3 is 0 Å². The number of hydrogen-bond donors (Lipinski definition) is 3. The van der Waals surface area contributed by atoms with E-state index in [1.807, 2.05) is 33.7 Å². The van der Waals surface area contributed by atoms with Gasteiger partial charge in [-0.2, -0.15) is 9.57 Å². The summed E-state index contributed by atoms with van der Waals surface area (Å²) in [5.74, 6) is 0. The van der Waals surface area contributed by atoms with Crippen molar-refractivity contribution in [2.45, 2.75) is 31.3 Å². The van der Waals surface area contributed by atoms with Gasteiger partial charge in [-0.3, -0.25) is 9.69 Å². The van der Waals surface area contributed by atoms with Crippen molar-refractivity contribution in [3.8, 4) is 6.07 Å². The molecule has 3 aliphatic rings. The Labute approximate surface area is 221 Å². The lowest BCUT2D eigenvalue weighted by molar-refractivity contribution is -0.123. The van der Waals surface area contributed by atoms with Crippen molar-refractivity contribution in [1.82, 2.24) is 19.0 Å². The molecule has 3 atom stereocenters. The number of nitrogens with zero attached hydrogens (tertiary/aromatic N) is 5. The number of carbonyl (C=O) groups excluding carboxylic acids is 1. The van der Waals surface area contributed by atoms with Gasteiger partial charge in [0.1, 0.15) is 11.8 Å². The Morgan fingerprint density at radius 3 is 2.49 bits per heavy atom. The van der Waals surface area contributed by atoms with Crippen LogP contribution in [0.15, 0.2) is 18.2 Å². The van der Waals surface area contributed by atoms with Crippen LogP contribution in [-0.2, 0) is 25.5 Å². The first-order valence-corrected chi connectivity index (χ1v) is 13.2. The Hall–Kier alpha value is -2.44. The number of hydrogen-bond acceptors (Lipinski definition) is 9. The van der Waals surface area contributed by atoms with E-state index in [0.717, 1.165) is 56.6 Å². The number of hydroxylamine groups is 1. The van der Waals surface area contributed by atoms with Crippen LogP contribution in [0.1, 0.15) is 24.0 Å². The van der Waals surface area contributed by atoms with Crippen molar-refractivity contribution in [2.75, 3.05) is 71.5 Å². The van der Waals surface area contributed by atoms with Crippen LogP contribution in [0.4, 0.5) is 5.69 Å². The van der Waals surface area contributed by atoms with E-state index in [9.17, 15) is 9.00 Å². The van der Waals surface area contributed by atoms with Gasteiger partial charge in [0, 0.05) is 71.7 Å². The van der Waals surface area contributed by atoms with Gasteiger partial charge in [-0.05, 0) is 43.5 Å². The first kappa shape index (κ1) is 30.8. The normalized spacial score (nSPS) is 24.6. The molecule has 3 aliphatic heterocycles. The summed E-state index contributed by atoms with van der Waals surface area (Å²) in [6.45, 7) is 7.55. The summed E-state index contributed by atoms with van der Waals surface area (Å²) < 4.78 is 22.8. The summed E-state index contributed by atoms with van der Waals surface area (Å²) in [6.07, 6.45) is 2.69. The average molecular weight is 539 g/mol. The lowest BCUT2D eigenvalue weighted by Gasteiger charge is -2.47. The van der Waals surface area contributed by atoms with Crippen LogP contribution in [0, 0.1) is 18.3 Å². The third-order valence-electron chi connectivity index (χ3n) is 6.77. The topological polar surface area (TPSA) is 150 Å². The van der Waals surface area contributed by atoms with E-state index in [0.29, 0.717) is 31.8 Å². The molecule has 1 aromatic rings. The number of anilines is 1. The minimum atomic E-state index is -1.32. The van der Waals surface area contributed by atoms with Crippen LogP contribution in [0.5, 0.6) is 0 Å². The van der Waals surface area contributed by atoms with Crippen molar-refractivity contribution in [3.63, 3.8) is 0 Å². The highest BCUT2D eigenvalue weighted by molar-refractivity contribution is 7.80. The van der Waals surface area contributed by atoms with E-state index in [2.05, 4.69) is 15.9 Å². The van der Waals surface area contributed by atoms with E-state index in [1.165, 1.54) is 7.05 Å². The largest absolute Gasteiger partial charge is 0.483 e. The number of methoxy groups -OCH3 is 1. The molecule has 13 heteroatoms. The maximum Gasteiger partial charge on any atom is 0.290 e. The molecule has 0 aliphatic carbocycles. The molecule has 2 bridgehead atoms. The Bertz CT molecular complexity index is 954. The fraction of sp³-hybridized carbons (Fsp3) is 0.625. The van der Waals surface area contributed by atoms with Gasteiger partial charge in [0.15, 0.2) is 11.2 Å². The molecule has 3 N–H and O–H groups in total. The monoisotopic (exact) mass is 538 g/mol. The second-order valence-corrected chi connectivity index (χ2v) is 10.4. The first-order valence-electron chi connectivity index (χ1n) is 12.1. The zero-order valence-electron chi connectivity index (χ0n) is 21.7. The van der Waals surface area contributed by atoms with Crippen LogP contribution in [-0.4, -0.2) is 119 Å². The Kier molecular flexibility index (Phi) is 12.6. The number of nitriles is 1. The third kappa shape index (κ3) is 7.55. The van der Waals surface area contributed by atoms with E-state index < -0.39 is 16.7 Å². The van der Waals surface area contributed by atoms with Gasteiger partial charge < -0.3 is 24.7 Å². The summed E-state index contributed by atoms with van der Waals surface area (Å²) >= 11 is -1.32. The molecule has 37 heavy (non-hydrogen) atoms. The molecule has 3 heterocycles. The van der Waals surface area contributed by atoms with Crippen LogP contribution < -0.4 is 10.4 Å². The van der Waals surface area contributed by atoms with Crippen LogP contribution >= 0.6 is 0 Å². The average Bonchev–Trinajstić information content (AvgIpc) is 3.14. The number of likely N-dealkylation sites (tertiary alicyclic amines) is 1. The third-order valence-corrected chi connectivity index (χ3v) is 8.58.